The summed E-state index contributed by atoms with van der Waals surface area (Å²) in [5.74, 6) is 0.0440. The van der Waals surface area contributed by atoms with Crippen molar-refractivity contribution in [1.82, 2.24) is 0 Å². The summed E-state index contributed by atoms with van der Waals surface area (Å²) < 4.78 is 5.73. The van der Waals surface area contributed by atoms with Crippen molar-refractivity contribution >= 4 is 5.97 Å². The zero-order valence-corrected chi connectivity index (χ0v) is 11.2. The second kappa shape index (κ2) is 5.14. The van der Waals surface area contributed by atoms with Crippen LogP contribution in [0.3, 0.4) is 0 Å². The standard InChI is InChI=1S/C16H16O3/c1-10-4-5-14(16(17)18)15(9-10)19-13-7-11(2)6-12(3)8-13/h4-9H,1-3H3,(H,17,18). The van der Waals surface area contributed by atoms with Gasteiger partial charge in [-0.15, -0.1) is 0 Å². The molecule has 0 heterocycles. The number of rotatable bonds is 3. The summed E-state index contributed by atoms with van der Waals surface area (Å²) >= 11 is 0. The highest BCUT2D eigenvalue weighted by molar-refractivity contribution is 5.91. The van der Waals surface area contributed by atoms with E-state index in [1.807, 2.05) is 39.0 Å². The largest absolute Gasteiger partial charge is 0.478 e. The molecule has 3 nitrogen and oxygen atoms in total. The summed E-state index contributed by atoms with van der Waals surface area (Å²) in [6.45, 7) is 5.86. The van der Waals surface area contributed by atoms with E-state index in [0.717, 1.165) is 16.7 Å². The smallest absolute Gasteiger partial charge is 0.339 e. The maximum atomic E-state index is 11.2. The Kier molecular flexibility index (Phi) is 3.56. The fraction of sp³-hybridized carbons (Fsp3) is 0.188. The Balaban J connectivity index is 2.42. The van der Waals surface area contributed by atoms with Gasteiger partial charge in [-0.3, -0.25) is 0 Å². The third-order valence-electron chi connectivity index (χ3n) is 2.79. The maximum Gasteiger partial charge on any atom is 0.339 e. The lowest BCUT2D eigenvalue weighted by molar-refractivity contribution is 0.0694. The van der Waals surface area contributed by atoms with Crippen LogP contribution in [0, 0.1) is 20.8 Å². The first-order chi connectivity index (χ1) is 8.95. The number of hydrogen-bond acceptors (Lipinski definition) is 2. The molecule has 0 unspecified atom stereocenters. The molecule has 0 fully saturated rings. The van der Waals surface area contributed by atoms with E-state index in [1.165, 1.54) is 0 Å². The molecule has 2 rings (SSSR count). The van der Waals surface area contributed by atoms with Gasteiger partial charge in [-0.25, -0.2) is 4.79 Å². The first kappa shape index (κ1) is 13.1. The zero-order chi connectivity index (χ0) is 14.0. The van der Waals surface area contributed by atoms with E-state index in [-0.39, 0.29) is 5.56 Å². The highest BCUT2D eigenvalue weighted by Crippen LogP contribution is 2.28. The molecular formula is C16H16O3. The zero-order valence-electron chi connectivity index (χ0n) is 11.2. The summed E-state index contributed by atoms with van der Waals surface area (Å²) in [7, 11) is 0. The molecule has 0 aliphatic carbocycles. The molecule has 0 saturated heterocycles. The number of ether oxygens (including phenoxy) is 1. The Hall–Kier alpha value is -2.29. The number of aryl methyl sites for hydroxylation is 3. The Labute approximate surface area is 112 Å². The molecule has 0 aliphatic heterocycles. The van der Waals surface area contributed by atoms with Gasteiger partial charge in [-0.05, 0) is 61.7 Å². The molecule has 0 saturated carbocycles. The normalized spacial score (nSPS) is 10.3. The van der Waals surface area contributed by atoms with Crippen LogP contribution in [0.1, 0.15) is 27.0 Å². The Morgan fingerprint density at radius 1 is 0.947 bits per heavy atom. The number of hydrogen-bond donors (Lipinski definition) is 1. The van der Waals surface area contributed by atoms with Gasteiger partial charge >= 0.3 is 5.97 Å². The van der Waals surface area contributed by atoms with Crippen molar-refractivity contribution in [3.05, 3.63) is 58.7 Å². The Morgan fingerprint density at radius 3 is 2.16 bits per heavy atom. The topological polar surface area (TPSA) is 46.5 Å². The number of carboxylic acid groups (broad SMARTS) is 1. The summed E-state index contributed by atoms with van der Waals surface area (Å²) in [4.78, 5) is 11.2. The molecule has 2 aromatic carbocycles. The van der Waals surface area contributed by atoms with Gasteiger partial charge in [0.05, 0.1) is 0 Å². The molecule has 98 valence electrons. The second-order valence-corrected chi connectivity index (χ2v) is 4.73. The van der Waals surface area contributed by atoms with Crippen molar-refractivity contribution in [2.75, 3.05) is 0 Å². The molecule has 0 amide bonds. The Bertz CT molecular complexity index is 610. The molecule has 0 aliphatic rings. The lowest BCUT2D eigenvalue weighted by atomic mass is 10.1. The van der Waals surface area contributed by atoms with Crippen LogP contribution in [-0.2, 0) is 0 Å². The van der Waals surface area contributed by atoms with Crippen LogP contribution in [0.25, 0.3) is 0 Å². The van der Waals surface area contributed by atoms with Gasteiger partial charge < -0.3 is 9.84 Å². The highest BCUT2D eigenvalue weighted by Gasteiger charge is 2.12. The molecule has 0 atom stereocenters. The summed E-state index contributed by atoms with van der Waals surface area (Å²) in [5, 5.41) is 9.16. The van der Waals surface area contributed by atoms with Crippen molar-refractivity contribution < 1.29 is 14.6 Å². The number of benzene rings is 2. The van der Waals surface area contributed by atoms with E-state index in [4.69, 9.17) is 9.84 Å². The van der Waals surface area contributed by atoms with Crippen LogP contribution in [-0.4, -0.2) is 11.1 Å². The minimum absolute atomic E-state index is 0.171. The highest BCUT2D eigenvalue weighted by atomic mass is 16.5. The third-order valence-corrected chi connectivity index (χ3v) is 2.79. The SMILES string of the molecule is Cc1cc(C)cc(Oc2cc(C)ccc2C(=O)O)c1. The number of carbonyl (C=O) groups is 1. The van der Waals surface area contributed by atoms with Gasteiger partial charge in [0.1, 0.15) is 17.1 Å². The number of aromatic carboxylic acids is 1. The number of carboxylic acids is 1. The molecule has 0 aromatic heterocycles. The van der Waals surface area contributed by atoms with E-state index in [2.05, 4.69) is 0 Å². The van der Waals surface area contributed by atoms with Gasteiger partial charge in [0.25, 0.3) is 0 Å². The van der Waals surface area contributed by atoms with Crippen molar-refractivity contribution in [2.45, 2.75) is 20.8 Å². The molecule has 2 aromatic rings. The molecule has 0 spiro atoms. The van der Waals surface area contributed by atoms with Crippen LogP contribution in [0.4, 0.5) is 0 Å². The van der Waals surface area contributed by atoms with Crippen LogP contribution in [0.5, 0.6) is 11.5 Å². The molecule has 19 heavy (non-hydrogen) atoms. The van der Waals surface area contributed by atoms with E-state index >= 15 is 0 Å². The quantitative estimate of drug-likeness (QED) is 0.899. The van der Waals surface area contributed by atoms with Crippen molar-refractivity contribution in [3.8, 4) is 11.5 Å². The van der Waals surface area contributed by atoms with Gasteiger partial charge in [-0.2, -0.15) is 0 Å². The lowest BCUT2D eigenvalue weighted by Gasteiger charge is -2.11. The minimum atomic E-state index is -0.987. The van der Waals surface area contributed by atoms with E-state index in [0.29, 0.717) is 11.5 Å². The predicted molar refractivity (Wildman–Crippen MR) is 74.1 cm³/mol. The first-order valence-corrected chi connectivity index (χ1v) is 6.06. The minimum Gasteiger partial charge on any atom is -0.478 e. The molecular weight excluding hydrogens is 240 g/mol. The van der Waals surface area contributed by atoms with Crippen LogP contribution < -0.4 is 4.74 Å². The predicted octanol–water partition coefficient (Wildman–Crippen LogP) is 4.10. The molecule has 1 N–H and O–H groups in total. The van der Waals surface area contributed by atoms with Crippen molar-refractivity contribution in [3.63, 3.8) is 0 Å². The summed E-state index contributed by atoms with van der Waals surface area (Å²) in [6, 6.07) is 10.9. The van der Waals surface area contributed by atoms with Crippen LogP contribution in [0.2, 0.25) is 0 Å². The maximum absolute atomic E-state index is 11.2. The first-order valence-electron chi connectivity index (χ1n) is 6.06. The second-order valence-electron chi connectivity index (χ2n) is 4.73. The van der Waals surface area contributed by atoms with E-state index in [1.54, 1.807) is 18.2 Å². The van der Waals surface area contributed by atoms with Gasteiger partial charge in [0.15, 0.2) is 0 Å². The molecule has 0 bridgehead atoms. The van der Waals surface area contributed by atoms with E-state index in [9.17, 15) is 4.79 Å². The molecule has 0 radical (unpaired) electrons. The average molecular weight is 256 g/mol. The lowest BCUT2D eigenvalue weighted by Crippen LogP contribution is -2.00. The van der Waals surface area contributed by atoms with E-state index < -0.39 is 5.97 Å². The fourth-order valence-corrected chi connectivity index (χ4v) is 2.01. The van der Waals surface area contributed by atoms with Crippen LogP contribution in [0.15, 0.2) is 36.4 Å². The summed E-state index contributed by atoms with van der Waals surface area (Å²) in [6.07, 6.45) is 0. The van der Waals surface area contributed by atoms with Crippen molar-refractivity contribution in [1.29, 1.82) is 0 Å². The van der Waals surface area contributed by atoms with Gasteiger partial charge in [-0.1, -0.05) is 12.1 Å². The van der Waals surface area contributed by atoms with Crippen molar-refractivity contribution in [2.24, 2.45) is 0 Å². The van der Waals surface area contributed by atoms with Crippen LogP contribution >= 0.6 is 0 Å². The average Bonchev–Trinajstić information content (AvgIpc) is 2.26. The van der Waals surface area contributed by atoms with Gasteiger partial charge in [0, 0.05) is 0 Å². The summed E-state index contributed by atoms with van der Waals surface area (Å²) in [5.41, 5.74) is 3.30. The third kappa shape index (κ3) is 3.13. The fourth-order valence-electron chi connectivity index (χ4n) is 2.01. The Morgan fingerprint density at radius 2 is 1.58 bits per heavy atom. The monoisotopic (exact) mass is 256 g/mol. The van der Waals surface area contributed by atoms with Gasteiger partial charge in [0.2, 0.25) is 0 Å². The molecule has 3 heteroatoms.